The van der Waals surface area contributed by atoms with Crippen LogP contribution in [0, 0.1) is 5.82 Å². The Morgan fingerprint density at radius 3 is 2.35 bits per heavy atom. The van der Waals surface area contributed by atoms with Gasteiger partial charge in [-0.25, -0.2) is 9.18 Å². The van der Waals surface area contributed by atoms with Crippen molar-refractivity contribution in [3.63, 3.8) is 0 Å². The van der Waals surface area contributed by atoms with Gasteiger partial charge >= 0.3 is 13.1 Å². The van der Waals surface area contributed by atoms with Crippen molar-refractivity contribution in [3.8, 4) is 5.75 Å². The van der Waals surface area contributed by atoms with Crippen molar-refractivity contribution in [1.29, 1.82) is 0 Å². The lowest BCUT2D eigenvalue weighted by Crippen LogP contribution is -2.40. The molecule has 2 aliphatic rings. The molecule has 3 amide bonds. The molecule has 34 heavy (non-hydrogen) atoms. The van der Waals surface area contributed by atoms with Crippen LogP contribution in [0.4, 0.5) is 9.18 Å². The molecule has 0 aromatic heterocycles. The molecule has 0 aliphatic carbocycles. The molecule has 7 nitrogen and oxygen atoms in total. The second kappa shape index (κ2) is 8.93. The molecule has 0 unspecified atom stereocenters. The smallest absolute Gasteiger partial charge is 0.488 e. The van der Waals surface area contributed by atoms with Crippen LogP contribution in [0.15, 0.2) is 66.7 Å². The lowest BCUT2D eigenvalue weighted by molar-refractivity contribution is -0.128. The number of nitrogens with zero attached hydrogens (tertiary/aromatic N) is 2. The third-order valence-corrected chi connectivity index (χ3v) is 6.27. The molecule has 0 spiro atoms. The van der Waals surface area contributed by atoms with Crippen LogP contribution < -0.4 is 10.2 Å². The third kappa shape index (κ3) is 4.27. The second-order valence-electron chi connectivity index (χ2n) is 8.52. The van der Waals surface area contributed by atoms with Gasteiger partial charge in [-0.2, -0.15) is 0 Å². The summed E-state index contributed by atoms with van der Waals surface area (Å²) in [6.45, 7) is 0.725. The molecule has 5 rings (SSSR count). The van der Waals surface area contributed by atoms with Gasteiger partial charge in [-0.05, 0) is 52.0 Å². The van der Waals surface area contributed by atoms with E-state index in [0.717, 1.165) is 16.7 Å². The fourth-order valence-electron chi connectivity index (χ4n) is 4.37. The quantitative estimate of drug-likeness (QED) is 0.434. The zero-order chi connectivity index (χ0) is 23.8. The third-order valence-electron chi connectivity index (χ3n) is 6.27. The van der Waals surface area contributed by atoms with Crippen LogP contribution in [-0.4, -0.2) is 44.9 Å². The normalized spacial score (nSPS) is 17.0. The fourth-order valence-corrected chi connectivity index (χ4v) is 4.37. The molecule has 172 valence electrons. The summed E-state index contributed by atoms with van der Waals surface area (Å²) in [6.07, 6.45) is 0.436. The molecule has 2 aliphatic heterocycles. The lowest BCUT2D eigenvalue weighted by atomic mass is 9.80. The highest BCUT2D eigenvalue weighted by Crippen LogP contribution is 2.33. The van der Waals surface area contributed by atoms with E-state index in [2.05, 4.69) is 0 Å². The van der Waals surface area contributed by atoms with Crippen LogP contribution in [0.3, 0.4) is 0 Å². The fraction of sp³-hybridized carbons (Fsp3) is 0.200. The summed E-state index contributed by atoms with van der Waals surface area (Å²) in [7, 11) is -1.51. The number of halogens is 1. The Balaban J connectivity index is 1.27. The van der Waals surface area contributed by atoms with Crippen LogP contribution in [0.1, 0.15) is 22.3 Å². The van der Waals surface area contributed by atoms with Crippen molar-refractivity contribution in [2.45, 2.75) is 32.2 Å². The average molecular weight is 460 g/mol. The Morgan fingerprint density at radius 2 is 1.65 bits per heavy atom. The summed E-state index contributed by atoms with van der Waals surface area (Å²) in [5.41, 5.74) is 3.90. The van der Waals surface area contributed by atoms with Gasteiger partial charge in [-0.1, -0.05) is 42.5 Å². The number of imide groups is 1. The number of hydrogen-bond acceptors (Lipinski definition) is 5. The Hall–Kier alpha value is -3.69. The summed E-state index contributed by atoms with van der Waals surface area (Å²) in [5, 5.41) is 18.4. The molecule has 3 aromatic carbocycles. The largest absolute Gasteiger partial charge is 0.489 e. The van der Waals surface area contributed by atoms with Crippen LogP contribution in [-0.2, 0) is 30.9 Å². The number of fused-ring (bicyclic) bond motifs is 2. The van der Waals surface area contributed by atoms with Crippen LogP contribution in [0.5, 0.6) is 5.75 Å². The monoisotopic (exact) mass is 460 g/mol. The van der Waals surface area contributed by atoms with Gasteiger partial charge in [0.1, 0.15) is 24.2 Å². The molecule has 0 bridgehead atoms. The molecule has 0 radical (unpaired) electrons. The van der Waals surface area contributed by atoms with Gasteiger partial charge in [0.05, 0.1) is 6.54 Å². The molecule has 3 aromatic rings. The van der Waals surface area contributed by atoms with Gasteiger partial charge in [-0.15, -0.1) is 0 Å². The number of carbonyl (C=O) groups is 2. The van der Waals surface area contributed by atoms with E-state index in [1.807, 2.05) is 18.2 Å². The maximum atomic E-state index is 13.2. The highest BCUT2D eigenvalue weighted by molar-refractivity contribution is 6.58. The predicted molar refractivity (Wildman–Crippen MR) is 122 cm³/mol. The molecule has 2 heterocycles. The zero-order valence-corrected chi connectivity index (χ0v) is 18.2. The maximum absolute atomic E-state index is 13.2. The van der Waals surface area contributed by atoms with E-state index < -0.39 is 13.2 Å². The molecule has 1 atom stereocenters. The molecule has 1 saturated heterocycles. The number of rotatable bonds is 6. The SMILES string of the molecule is O=C1[C@H]2Cc3ccc(OCc4ccc(B(O)O)cc4)cc3CN2C(=O)N1Cc1ccc(F)cc1. The number of amides is 3. The van der Waals surface area contributed by atoms with Gasteiger partial charge in [-0.3, -0.25) is 9.69 Å². The first kappa shape index (κ1) is 22.1. The molecule has 1 fully saturated rings. The maximum Gasteiger partial charge on any atom is 0.488 e. The molecular weight excluding hydrogens is 438 g/mol. The van der Waals surface area contributed by atoms with E-state index in [0.29, 0.717) is 36.3 Å². The summed E-state index contributed by atoms with van der Waals surface area (Å²) in [4.78, 5) is 28.8. The molecular formula is C25H22BFN2O5. The Kier molecular flexibility index (Phi) is 5.81. The van der Waals surface area contributed by atoms with Crippen molar-refractivity contribution in [3.05, 3.63) is 94.8 Å². The number of benzene rings is 3. The molecule has 0 saturated carbocycles. The van der Waals surface area contributed by atoms with E-state index in [1.165, 1.54) is 17.0 Å². The minimum atomic E-state index is -1.51. The molecule has 2 N–H and O–H groups in total. The number of urea groups is 1. The Bertz CT molecular complexity index is 1230. The van der Waals surface area contributed by atoms with E-state index in [1.54, 1.807) is 41.3 Å². The lowest BCUT2D eigenvalue weighted by Gasteiger charge is -2.29. The average Bonchev–Trinajstić information content (AvgIpc) is 3.07. The Labute approximate surface area is 196 Å². The second-order valence-corrected chi connectivity index (χ2v) is 8.52. The van der Waals surface area contributed by atoms with Crippen molar-refractivity contribution >= 4 is 24.5 Å². The van der Waals surface area contributed by atoms with Gasteiger partial charge in [0.2, 0.25) is 0 Å². The minimum Gasteiger partial charge on any atom is -0.489 e. The minimum absolute atomic E-state index is 0.113. The first-order valence-corrected chi connectivity index (χ1v) is 10.9. The van der Waals surface area contributed by atoms with E-state index in [-0.39, 0.29) is 24.3 Å². The van der Waals surface area contributed by atoms with Gasteiger partial charge in [0.15, 0.2) is 0 Å². The first-order chi connectivity index (χ1) is 16.4. The highest BCUT2D eigenvalue weighted by Gasteiger charge is 2.47. The van der Waals surface area contributed by atoms with Crippen molar-refractivity contribution in [2.24, 2.45) is 0 Å². The first-order valence-electron chi connectivity index (χ1n) is 10.9. The number of ether oxygens (including phenoxy) is 1. The van der Waals surface area contributed by atoms with Crippen LogP contribution >= 0.6 is 0 Å². The van der Waals surface area contributed by atoms with Crippen LogP contribution in [0.25, 0.3) is 0 Å². The van der Waals surface area contributed by atoms with Crippen molar-refractivity contribution in [2.75, 3.05) is 0 Å². The summed E-state index contributed by atoms with van der Waals surface area (Å²) in [6, 6.07) is 17.3. The summed E-state index contributed by atoms with van der Waals surface area (Å²) in [5.74, 6) is 0.0380. The van der Waals surface area contributed by atoms with Gasteiger partial charge in [0, 0.05) is 13.0 Å². The summed E-state index contributed by atoms with van der Waals surface area (Å²) < 4.78 is 19.1. The van der Waals surface area contributed by atoms with Crippen LogP contribution in [0.2, 0.25) is 0 Å². The van der Waals surface area contributed by atoms with E-state index in [4.69, 9.17) is 4.74 Å². The topological polar surface area (TPSA) is 90.3 Å². The van der Waals surface area contributed by atoms with Crippen molar-refractivity contribution in [1.82, 2.24) is 9.80 Å². The van der Waals surface area contributed by atoms with Gasteiger partial charge < -0.3 is 19.7 Å². The predicted octanol–water partition coefficient (Wildman–Crippen LogP) is 1.97. The van der Waals surface area contributed by atoms with Crippen molar-refractivity contribution < 1.29 is 28.8 Å². The number of carbonyl (C=O) groups excluding carboxylic acids is 2. The standard InChI is InChI=1S/C25H22BFN2O5/c27-21-8-3-16(4-9-21)13-29-24(30)23-12-18-5-10-22(11-19(18)14-28(23)25(29)31)34-15-17-1-6-20(7-2-17)26(32)33/h1-11,23,32-33H,12-15H2/t23-/m1/s1. The Morgan fingerprint density at radius 1 is 0.941 bits per heavy atom. The zero-order valence-electron chi connectivity index (χ0n) is 18.2. The summed E-state index contributed by atoms with van der Waals surface area (Å²) >= 11 is 0. The van der Waals surface area contributed by atoms with E-state index >= 15 is 0 Å². The van der Waals surface area contributed by atoms with E-state index in [9.17, 15) is 24.0 Å². The van der Waals surface area contributed by atoms with Gasteiger partial charge in [0.25, 0.3) is 5.91 Å². The highest BCUT2D eigenvalue weighted by atomic mass is 19.1. The molecule has 9 heteroatoms. The number of hydrogen-bond donors (Lipinski definition) is 2.